The average molecular weight is 554 g/mol. The van der Waals surface area contributed by atoms with E-state index in [2.05, 4.69) is 20.7 Å². The summed E-state index contributed by atoms with van der Waals surface area (Å²) in [5, 5.41) is 12.6. The van der Waals surface area contributed by atoms with Crippen molar-refractivity contribution in [2.75, 3.05) is 38.5 Å². The summed E-state index contributed by atoms with van der Waals surface area (Å²) >= 11 is 0. The number of piperidine rings is 1. The SMILES string of the molecule is Cn1cc(-c2cnc(N)c(C(=O)N[C@@H]3CCN(C(=O)c4ccc5cc(OCC6CCNCC6)ccc5c4)C3)c2)cn1. The molecule has 1 atom stereocenters. The molecule has 0 bridgehead atoms. The fourth-order valence-electron chi connectivity index (χ4n) is 5.60. The largest absolute Gasteiger partial charge is 0.493 e. The molecular weight excluding hydrogens is 518 g/mol. The normalized spacial score (nSPS) is 17.6. The number of benzene rings is 2. The summed E-state index contributed by atoms with van der Waals surface area (Å²) in [4.78, 5) is 32.4. The van der Waals surface area contributed by atoms with Gasteiger partial charge in [0.1, 0.15) is 11.6 Å². The van der Waals surface area contributed by atoms with E-state index in [9.17, 15) is 9.59 Å². The number of fused-ring (bicyclic) bond motifs is 1. The minimum atomic E-state index is -0.302. The Balaban J connectivity index is 1.07. The summed E-state index contributed by atoms with van der Waals surface area (Å²) in [6, 6.07) is 13.3. The molecule has 0 saturated carbocycles. The Morgan fingerprint density at radius 3 is 2.66 bits per heavy atom. The molecule has 41 heavy (non-hydrogen) atoms. The van der Waals surface area contributed by atoms with Gasteiger partial charge in [-0.05, 0) is 79.4 Å². The van der Waals surface area contributed by atoms with Crippen LogP contribution >= 0.6 is 0 Å². The molecule has 0 unspecified atom stereocenters. The molecule has 2 saturated heterocycles. The number of nitrogens with two attached hydrogens (primary N) is 1. The Labute approximate surface area is 238 Å². The molecule has 2 fully saturated rings. The van der Waals surface area contributed by atoms with Gasteiger partial charge in [0.05, 0.1) is 18.4 Å². The second-order valence-corrected chi connectivity index (χ2v) is 11.0. The Kier molecular flexibility index (Phi) is 7.56. The molecule has 4 N–H and O–H groups in total. The first-order valence-electron chi connectivity index (χ1n) is 14.1. The van der Waals surface area contributed by atoms with Gasteiger partial charge in [-0.3, -0.25) is 14.3 Å². The molecule has 10 heteroatoms. The van der Waals surface area contributed by atoms with Gasteiger partial charge in [-0.15, -0.1) is 0 Å². The number of nitrogens with zero attached hydrogens (tertiary/aromatic N) is 4. The Morgan fingerprint density at radius 2 is 1.85 bits per heavy atom. The maximum absolute atomic E-state index is 13.3. The first-order valence-corrected chi connectivity index (χ1v) is 14.1. The third kappa shape index (κ3) is 6.02. The number of hydrogen-bond acceptors (Lipinski definition) is 7. The number of nitrogens with one attached hydrogen (secondary N) is 2. The van der Waals surface area contributed by atoms with Crippen LogP contribution in [0.3, 0.4) is 0 Å². The first kappa shape index (κ1) is 26.8. The molecule has 212 valence electrons. The number of rotatable bonds is 7. The van der Waals surface area contributed by atoms with Crippen molar-refractivity contribution in [1.29, 1.82) is 0 Å². The van der Waals surface area contributed by atoms with Crippen molar-refractivity contribution in [3.63, 3.8) is 0 Å². The zero-order chi connectivity index (χ0) is 28.3. The lowest BCUT2D eigenvalue weighted by molar-refractivity contribution is 0.0783. The molecule has 4 heterocycles. The van der Waals surface area contributed by atoms with Crippen molar-refractivity contribution in [3.8, 4) is 16.9 Å². The van der Waals surface area contributed by atoms with E-state index in [0.29, 0.717) is 36.6 Å². The van der Waals surface area contributed by atoms with Crippen molar-refractivity contribution in [3.05, 3.63) is 72.2 Å². The Hall–Kier alpha value is -4.44. The van der Waals surface area contributed by atoms with Crippen molar-refractivity contribution in [1.82, 2.24) is 30.3 Å². The number of anilines is 1. The molecule has 0 spiro atoms. The van der Waals surface area contributed by atoms with Crippen LogP contribution in [-0.2, 0) is 7.05 Å². The molecule has 10 nitrogen and oxygen atoms in total. The number of carbonyl (C=O) groups is 2. The van der Waals surface area contributed by atoms with Crippen molar-refractivity contribution in [2.24, 2.45) is 13.0 Å². The minimum absolute atomic E-state index is 0.0466. The van der Waals surface area contributed by atoms with Crippen molar-refractivity contribution >= 4 is 28.4 Å². The smallest absolute Gasteiger partial charge is 0.255 e. The highest BCUT2D eigenvalue weighted by Crippen LogP contribution is 2.25. The molecule has 2 aliphatic rings. The molecule has 0 aliphatic carbocycles. The van der Waals surface area contributed by atoms with E-state index < -0.39 is 0 Å². The topological polar surface area (TPSA) is 127 Å². The molecule has 2 aromatic heterocycles. The van der Waals surface area contributed by atoms with Gasteiger partial charge in [-0.2, -0.15) is 5.10 Å². The van der Waals surface area contributed by atoms with E-state index in [1.165, 1.54) is 0 Å². The van der Waals surface area contributed by atoms with E-state index in [4.69, 9.17) is 10.5 Å². The predicted molar refractivity (Wildman–Crippen MR) is 158 cm³/mol. The van der Waals surface area contributed by atoms with Gasteiger partial charge >= 0.3 is 0 Å². The summed E-state index contributed by atoms with van der Waals surface area (Å²) in [6.07, 6.45) is 8.15. The van der Waals surface area contributed by atoms with Crippen LogP contribution in [-0.4, -0.2) is 70.3 Å². The van der Waals surface area contributed by atoms with Gasteiger partial charge in [-0.1, -0.05) is 12.1 Å². The predicted octanol–water partition coefficient (Wildman–Crippen LogP) is 3.24. The fraction of sp³-hybridized carbons (Fsp3) is 0.355. The summed E-state index contributed by atoms with van der Waals surface area (Å²) in [5.41, 5.74) is 8.59. The highest BCUT2D eigenvalue weighted by atomic mass is 16.5. The molecular formula is C31H35N7O3. The first-order chi connectivity index (χ1) is 19.9. The minimum Gasteiger partial charge on any atom is -0.493 e. The van der Waals surface area contributed by atoms with E-state index in [1.807, 2.05) is 49.6 Å². The van der Waals surface area contributed by atoms with Gasteiger partial charge in [0.25, 0.3) is 11.8 Å². The fourth-order valence-corrected chi connectivity index (χ4v) is 5.60. The number of aromatic nitrogens is 3. The van der Waals surface area contributed by atoms with Gasteiger partial charge in [0, 0.05) is 55.3 Å². The van der Waals surface area contributed by atoms with Crippen LogP contribution < -0.4 is 21.1 Å². The van der Waals surface area contributed by atoms with E-state index in [0.717, 1.165) is 60.2 Å². The summed E-state index contributed by atoms with van der Waals surface area (Å²) in [6.45, 7) is 3.84. The van der Waals surface area contributed by atoms with Crippen LogP contribution in [0, 0.1) is 5.92 Å². The third-order valence-corrected chi connectivity index (χ3v) is 8.02. The zero-order valence-electron chi connectivity index (χ0n) is 23.2. The highest BCUT2D eigenvalue weighted by molar-refractivity contribution is 6.00. The van der Waals surface area contributed by atoms with Gasteiger partial charge < -0.3 is 26.0 Å². The monoisotopic (exact) mass is 553 g/mol. The van der Waals surface area contributed by atoms with Gasteiger partial charge in [0.15, 0.2) is 0 Å². The Bertz CT molecular complexity index is 1580. The van der Waals surface area contributed by atoms with E-state index >= 15 is 0 Å². The second kappa shape index (κ2) is 11.6. The molecule has 2 aliphatic heterocycles. The molecule has 2 aromatic carbocycles. The van der Waals surface area contributed by atoms with Crippen LogP contribution in [0.25, 0.3) is 21.9 Å². The lowest BCUT2D eigenvalue weighted by Gasteiger charge is -2.22. The standard InChI is InChI=1S/C31H35N7O3/c1-37-17-25(16-35-37)24-14-28(29(32)34-15-24)30(39)36-26-8-11-38(18-26)31(40)23-3-2-22-13-27(5-4-21(22)12-23)41-19-20-6-9-33-10-7-20/h2-5,12-17,20,26,33H,6-11,18-19H2,1H3,(H2,32,34)(H,36,39)/t26-/m1/s1. The number of aryl methyl sites for hydroxylation is 1. The summed E-state index contributed by atoms with van der Waals surface area (Å²) < 4.78 is 7.76. The number of likely N-dealkylation sites (tertiary alicyclic amines) is 1. The molecule has 2 amide bonds. The quantitative estimate of drug-likeness (QED) is 0.321. The van der Waals surface area contributed by atoms with Crippen LogP contribution in [0.5, 0.6) is 5.75 Å². The zero-order valence-corrected chi connectivity index (χ0v) is 23.2. The lowest BCUT2D eigenvalue weighted by atomic mass is 9.99. The average Bonchev–Trinajstić information content (AvgIpc) is 3.65. The van der Waals surface area contributed by atoms with Crippen LogP contribution in [0.4, 0.5) is 5.82 Å². The van der Waals surface area contributed by atoms with Crippen LogP contribution in [0.1, 0.15) is 40.0 Å². The summed E-state index contributed by atoms with van der Waals surface area (Å²) in [5.74, 6) is 1.26. The highest BCUT2D eigenvalue weighted by Gasteiger charge is 2.29. The van der Waals surface area contributed by atoms with E-state index in [1.54, 1.807) is 28.0 Å². The number of amides is 2. The Morgan fingerprint density at radius 1 is 1.05 bits per heavy atom. The van der Waals surface area contributed by atoms with Crippen molar-refractivity contribution < 1.29 is 14.3 Å². The second-order valence-electron chi connectivity index (χ2n) is 11.0. The third-order valence-electron chi connectivity index (χ3n) is 8.02. The van der Waals surface area contributed by atoms with Crippen LogP contribution in [0.15, 0.2) is 61.1 Å². The van der Waals surface area contributed by atoms with Gasteiger partial charge in [0.2, 0.25) is 0 Å². The lowest BCUT2D eigenvalue weighted by Crippen LogP contribution is -2.38. The molecule has 0 radical (unpaired) electrons. The number of hydrogen-bond donors (Lipinski definition) is 3. The van der Waals surface area contributed by atoms with Gasteiger partial charge in [-0.25, -0.2) is 4.98 Å². The van der Waals surface area contributed by atoms with E-state index in [-0.39, 0.29) is 23.7 Å². The maximum Gasteiger partial charge on any atom is 0.255 e. The van der Waals surface area contributed by atoms with Crippen LogP contribution in [0.2, 0.25) is 0 Å². The maximum atomic E-state index is 13.3. The number of pyridine rings is 1. The number of nitrogen functional groups attached to an aromatic ring is 1. The molecule has 6 rings (SSSR count). The molecule has 4 aromatic rings. The number of ether oxygens (including phenoxy) is 1. The summed E-state index contributed by atoms with van der Waals surface area (Å²) in [7, 11) is 1.83. The van der Waals surface area contributed by atoms with Crippen molar-refractivity contribution in [2.45, 2.75) is 25.3 Å². The number of carbonyl (C=O) groups excluding carboxylic acids is 2.